The number of carbonyl (C=O) groups is 2. The van der Waals surface area contributed by atoms with Gasteiger partial charge >= 0.3 is 5.97 Å². The number of anilines is 1. The Balaban J connectivity index is 1.52. The van der Waals surface area contributed by atoms with Crippen molar-refractivity contribution in [2.75, 3.05) is 17.7 Å². The second kappa shape index (κ2) is 9.40. The van der Waals surface area contributed by atoms with Crippen LogP contribution in [0.5, 0.6) is 0 Å². The van der Waals surface area contributed by atoms with Crippen molar-refractivity contribution >= 4 is 54.1 Å². The van der Waals surface area contributed by atoms with Gasteiger partial charge in [0.1, 0.15) is 0 Å². The van der Waals surface area contributed by atoms with E-state index in [1.165, 1.54) is 6.07 Å². The molecule has 8 heteroatoms. The highest BCUT2D eigenvalue weighted by atomic mass is 79.9. The molecule has 0 aliphatic heterocycles. The summed E-state index contributed by atoms with van der Waals surface area (Å²) >= 11 is 3.34. The molecule has 0 bridgehead atoms. The van der Waals surface area contributed by atoms with Crippen LogP contribution in [0.1, 0.15) is 12.0 Å². The van der Waals surface area contributed by atoms with Crippen molar-refractivity contribution in [3.05, 3.63) is 70.7 Å². The Bertz CT molecular complexity index is 1210. The van der Waals surface area contributed by atoms with E-state index in [0.717, 1.165) is 20.8 Å². The van der Waals surface area contributed by atoms with Gasteiger partial charge in [-0.05, 0) is 53.6 Å². The van der Waals surface area contributed by atoms with E-state index in [9.17, 15) is 18.0 Å². The summed E-state index contributed by atoms with van der Waals surface area (Å²) in [5.41, 5.74) is 1.46. The zero-order valence-electron chi connectivity index (χ0n) is 16.2. The third kappa shape index (κ3) is 5.67. The maximum Gasteiger partial charge on any atom is 0.307 e. The van der Waals surface area contributed by atoms with Gasteiger partial charge in [-0.15, -0.1) is 0 Å². The van der Waals surface area contributed by atoms with Gasteiger partial charge in [0.2, 0.25) is 0 Å². The van der Waals surface area contributed by atoms with Crippen LogP contribution in [0.2, 0.25) is 0 Å². The summed E-state index contributed by atoms with van der Waals surface area (Å²) in [6.07, 6.45) is -0.334. The predicted molar refractivity (Wildman–Crippen MR) is 119 cm³/mol. The third-order valence-corrected chi connectivity index (χ3v) is 6.69. The van der Waals surface area contributed by atoms with E-state index in [4.69, 9.17) is 4.74 Å². The minimum absolute atomic E-state index is 0.150. The number of amides is 1. The molecule has 0 unspecified atom stereocenters. The lowest BCUT2D eigenvalue weighted by molar-refractivity contribution is -0.146. The molecule has 0 saturated heterocycles. The minimum Gasteiger partial charge on any atom is -0.456 e. The molecule has 3 rings (SSSR count). The number of halogens is 1. The normalized spacial score (nSPS) is 11.3. The molecule has 0 fully saturated rings. The van der Waals surface area contributed by atoms with Crippen LogP contribution in [0.3, 0.4) is 0 Å². The van der Waals surface area contributed by atoms with Gasteiger partial charge in [-0.3, -0.25) is 9.59 Å². The smallest absolute Gasteiger partial charge is 0.307 e. The summed E-state index contributed by atoms with van der Waals surface area (Å²) in [5.74, 6) is -1.63. The number of aryl methyl sites for hydroxylation is 1. The molecule has 30 heavy (non-hydrogen) atoms. The topological polar surface area (TPSA) is 89.5 Å². The Labute approximate surface area is 183 Å². The summed E-state index contributed by atoms with van der Waals surface area (Å²) in [6, 6.07) is 17.6. The summed E-state index contributed by atoms with van der Waals surface area (Å²) in [4.78, 5) is 24.1. The highest BCUT2D eigenvalue weighted by molar-refractivity contribution is 9.10. The molecule has 3 aromatic rings. The second-order valence-corrected chi connectivity index (χ2v) is 9.77. The lowest BCUT2D eigenvalue weighted by Crippen LogP contribution is -2.22. The monoisotopic (exact) mass is 489 g/mol. The SMILES string of the molecule is Cc1cc(Br)ccc1NC(=O)COC(=O)CCS(=O)(=O)c1ccc2ccccc2c1. The first-order valence-corrected chi connectivity index (χ1v) is 11.6. The first-order valence-electron chi connectivity index (χ1n) is 9.18. The molecule has 0 spiro atoms. The van der Waals surface area contributed by atoms with Gasteiger partial charge in [0.25, 0.3) is 5.91 Å². The Morgan fingerprint density at radius 3 is 2.47 bits per heavy atom. The van der Waals surface area contributed by atoms with E-state index in [0.29, 0.717) is 5.69 Å². The van der Waals surface area contributed by atoms with Gasteiger partial charge in [-0.2, -0.15) is 0 Å². The Morgan fingerprint density at radius 2 is 1.73 bits per heavy atom. The minimum atomic E-state index is -3.65. The molecule has 1 amide bonds. The number of ether oxygens (including phenoxy) is 1. The molecule has 0 heterocycles. The van der Waals surface area contributed by atoms with Crippen LogP contribution in [0, 0.1) is 6.92 Å². The average molecular weight is 490 g/mol. The Hall–Kier alpha value is -2.71. The quantitative estimate of drug-likeness (QED) is 0.500. The predicted octanol–water partition coefficient (Wildman–Crippen LogP) is 4.26. The van der Waals surface area contributed by atoms with Crippen LogP contribution in [0.25, 0.3) is 10.8 Å². The average Bonchev–Trinajstić information content (AvgIpc) is 2.72. The maximum absolute atomic E-state index is 12.5. The largest absolute Gasteiger partial charge is 0.456 e. The van der Waals surface area contributed by atoms with Crippen molar-refractivity contribution in [3.8, 4) is 0 Å². The number of carbonyl (C=O) groups excluding carboxylic acids is 2. The Morgan fingerprint density at radius 1 is 1.00 bits per heavy atom. The van der Waals surface area contributed by atoms with Crippen LogP contribution in [-0.4, -0.2) is 32.7 Å². The lowest BCUT2D eigenvalue weighted by Gasteiger charge is -2.10. The van der Waals surface area contributed by atoms with Crippen molar-refractivity contribution in [1.82, 2.24) is 0 Å². The highest BCUT2D eigenvalue weighted by Gasteiger charge is 2.18. The number of fused-ring (bicyclic) bond motifs is 1. The molecular formula is C22H20BrNO5S. The molecule has 0 aliphatic rings. The summed E-state index contributed by atoms with van der Waals surface area (Å²) in [7, 11) is -3.65. The molecule has 156 valence electrons. The molecule has 3 aromatic carbocycles. The molecule has 1 N–H and O–H groups in total. The van der Waals surface area contributed by atoms with Crippen molar-refractivity contribution in [2.24, 2.45) is 0 Å². The number of rotatable bonds is 7. The number of sulfone groups is 1. The van der Waals surface area contributed by atoms with Gasteiger partial charge in [-0.25, -0.2) is 8.42 Å². The third-order valence-electron chi connectivity index (χ3n) is 4.48. The lowest BCUT2D eigenvalue weighted by atomic mass is 10.1. The summed E-state index contributed by atoms with van der Waals surface area (Å²) in [6.45, 7) is 1.36. The summed E-state index contributed by atoms with van der Waals surface area (Å²) in [5, 5.41) is 4.39. The van der Waals surface area contributed by atoms with Crippen LogP contribution < -0.4 is 5.32 Å². The van der Waals surface area contributed by atoms with Gasteiger partial charge < -0.3 is 10.1 Å². The Kier molecular flexibility index (Phi) is 6.89. The van der Waals surface area contributed by atoms with Gasteiger partial charge in [0, 0.05) is 10.2 Å². The molecule has 0 atom stereocenters. The molecule has 0 aliphatic carbocycles. The molecule has 0 saturated carbocycles. The number of hydrogen-bond acceptors (Lipinski definition) is 5. The van der Waals surface area contributed by atoms with E-state index < -0.39 is 34.1 Å². The fourth-order valence-electron chi connectivity index (χ4n) is 2.87. The van der Waals surface area contributed by atoms with Crippen molar-refractivity contribution in [3.63, 3.8) is 0 Å². The molecular weight excluding hydrogens is 470 g/mol. The van der Waals surface area contributed by atoms with E-state index in [-0.39, 0.29) is 11.3 Å². The van der Waals surface area contributed by atoms with Gasteiger partial charge in [0.15, 0.2) is 16.4 Å². The number of hydrogen-bond donors (Lipinski definition) is 1. The molecule has 0 aromatic heterocycles. The van der Waals surface area contributed by atoms with Crippen molar-refractivity contribution in [2.45, 2.75) is 18.2 Å². The van der Waals surface area contributed by atoms with E-state index >= 15 is 0 Å². The maximum atomic E-state index is 12.5. The fourth-order valence-corrected chi connectivity index (χ4v) is 4.60. The number of benzene rings is 3. The van der Waals surface area contributed by atoms with Crippen molar-refractivity contribution < 1.29 is 22.7 Å². The zero-order valence-corrected chi connectivity index (χ0v) is 18.6. The fraction of sp³-hybridized carbons (Fsp3) is 0.182. The first-order chi connectivity index (χ1) is 14.2. The highest BCUT2D eigenvalue weighted by Crippen LogP contribution is 2.21. The molecule has 6 nitrogen and oxygen atoms in total. The van der Waals surface area contributed by atoms with E-state index in [1.54, 1.807) is 24.3 Å². The van der Waals surface area contributed by atoms with Crippen molar-refractivity contribution in [1.29, 1.82) is 0 Å². The van der Waals surface area contributed by atoms with E-state index in [1.807, 2.05) is 37.3 Å². The number of nitrogens with one attached hydrogen (secondary N) is 1. The van der Waals surface area contributed by atoms with E-state index in [2.05, 4.69) is 21.2 Å². The standard InChI is InChI=1S/C22H20BrNO5S/c1-15-12-18(23)7-9-20(15)24-21(25)14-29-22(26)10-11-30(27,28)19-8-6-16-4-2-3-5-17(16)13-19/h2-9,12-13H,10-11,14H2,1H3,(H,24,25). The van der Waals surface area contributed by atoms with Crippen LogP contribution >= 0.6 is 15.9 Å². The second-order valence-electron chi connectivity index (χ2n) is 6.75. The number of esters is 1. The van der Waals surface area contributed by atoms with Crippen LogP contribution in [0.4, 0.5) is 5.69 Å². The van der Waals surface area contributed by atoms with Crippen LogP contribution in [-0.2, 0) is 24.2 Å². The van der Waals surface area contributed by atoms with Crippen LogP contribution in [0.15, 0.2) is 70.0 Å². The zero-order chi connectivity index (χ0) is 21.7. The van der Waals surface area contributed by atoms with Gasteiger partial charge in [-0.1, -0.05) is 46.3 Å². The molecule has 0 radical (unpaired) electrons. The first kappa shape index (κ1) is 22.0. The summed E-state index contributed by atoms with van der Waals surface area (Å²) < 4.78 is 30.9. The van der Waals surface area contributed by atoms with Gasteiger partial charge in [0.05, 0.1) is 17.1 Å².